The summed E-state index contributed by atoms with van der Waals surface area (Å²) in [6.45, 7) is 0. The lowest BCUT2D eigenvalue weighted by Crippen LogP contribution is -1.97. The molecule has 6 heteroatoms. The van der Waals surface area contributed by atoms with E-state index in [0.717, 1.165) is 26.9 Å². The van der Waals surface area contributed by atoms with Crippen LogP contribution in [0.25, 0.3) is 21.3 Å². The van der Waals surface area contributed by atoms with Crippen LogP contribution in [-0.4, -0.2) is 21.0 Å². The fourth-order valence-corrected chi connectivity index (χ4v) is 3.30. The van der Waals surface area contributed by atoms with E-state index in [1.165, 1.54) is 17.7 Å². The quantitative estimate of drug-likeness (QED) is 0.738. The van der Waals surface area contributed by atoms with Crippen molar-refractivity contribution in [2.45, 2.75) is 12.8 Å². The number of aromatic nitrogens is 2. The third-order valence-corrected chi connectivity index (χ3v) is 4.58. The average Bonchev–Trinajstić information content (AvgIpc) is 2.91. The molecule has 0 aliphatic carbocycles. The Balaban J connectivity index is 1.92. The number of thiophene rings is 1. The van der Waals surface area contributed by atoms with Crippen LogP contribution in [0.5, 0.6) is 0 Å². The number of nitrogens with zero attached hydrogens (tertiary/aromatic N) is 2. The minimum Gasteiger partial charge on any atom is -0.481 e. The highest BCUT2D eigenvalue weighted by molar-refractivity contribution is 7.18. The van der Waals surface area contributed by atoms with Gasteiger partial charge in [0.2, 0.25) is 0 Å². The summed E-state index contributed by atoms with van der Waals surface area (Å²) in [6, 6.07) is 7.86. The highest BCUT2D eigenvalue weighted by atomic mass is 35.5. The smallest absolute Gasteiger partial charge is 0.303 e. The van der Waals surface area contributed by atoms with Gasteiger partial charge in [0.05, 0.1) is 10.2 Å². The molecule has 3 rings (SSSR count). The topological polar surface area (TPSA) is 63.1 Å². The van der Waals surface area contributed by atoms with Gasteiger partial charge in [0, 0.05) is 17.4 Å². The number of carboxylic acid groups (broad SMARTS) is 1. The lowest BCUT2D eigenvalue weighted by Gasteiger charge is -2.02. The summed E-state index contributed by atoms with van der Waals surface area (Å²) in [5.41, 5.74) is 3.91. The molecule has 0 fully saturated rings. The largest absolute Gasteiger partial charge is 0.481 e. The SMILES string of the molecule is O=C(O)CCc1ccc(-c2csc3c(Cl)ncnc23)cc1. The molecule has 1 N–H and O–H groups in total. The zero-order valence-corrected chi connectivity index (χ0v) is 12.5. The zero-order valence-electron chi connectivity index (χ0n) is 10.9. The van der Waals surface area contributed by atoms with Crippen molar-refractivity contribution in [2.24, 2.45) is 0 Å². The van der Waals surface area contributed by atoms with E-state index in [4.69, 9.17) is 16.7 Å². The maximum Gasteiger partial charge on any atom is 0.303 e. The second-order valence-corrected chi connectivity index (χ2v) is 5.82. The predicted octanol–water partition coefficient (Wildman–Crippen LogP) is 4.03. The van der Waals surface area contributed by atoms with Gasteiger partial charge in [0.25, 0.3) is 0 Å². The third kappa shape index (κ3) is 2.89. The number of hydrogen-bond donors (Lipinski definition) is 1. The molecule has 0 bridgehead atoms. The van der Waals surface area contributed by atoms with Gasteiger partial charge in [-0.1, -0.05) is 35.9 Å². The summed E-state index contributed by atoms with van der Waals surface area (Å²) in [5, 5.41) is 11.2. The maximum atomic E-state index is 10.6. The number of benzene rings is 1. The van der Waals surface area contributed by atoms with Gasteiger partial charge in [0.15, 0.2) is 0 Å². The second-order valence-electron chi connectivity index (χ2n) is 4.58. The number of carboxylic acids is 1. The summed E-state index contributed by atoms with van der Waals surface area (Å²) in [6.07, 6.45) is 2.14. The van der Waals surface area contributed by atoms with Crippen LogP contribution in [0, 0.1) is 0 Å². The van der Waals surface area contributed by atoms with Crippen LogP contribution < -0.4 is 0 Å². The van der Waals surface area contributed by atoms with Crippen LogP contribution in [0.3, 0.4) is 0 Å². The predicted molar refractivity (Wildman–Crippen MR) is 83.8 cm³/mol. The first-order valence-corrected chi connectivity index (χ1v) is 7.59. The number of fused-ring (bicyclic) bond motifs is 1. The van der Waals surface area contributed by atoms with Gasteiger partial charge in [-0.05, 0) is 17.5 Å². The van der Waals surface area contributed by atoms with Crippen molar-refractivity contribution in [3.63, 3.8) is 0 Å². The van der Waals surface area contributed by atoms with Crippen molar-refractivity contribution in [3.8, 4) is 11.1 Å². The summed E-state index contributed by atoms with van der Waals surface area (Å²) in [7, 11) is 0. The molecule has 0 amide bonds. The molecule has 0 saturated heterocycles. The van der Waals surface area contributed by atoms with Crippen LogP contribution >= 0.6 is 22.9 Å². The van der Waals surface area contributed by atoms with E-state index in [1.807, 2.05) is 29.6 Å². The molecular formula is C15H11ClN2O2S. The van der Waals surface area contributed by atoms with E-state index in [1.54, 1.807) is 0 Å². The molecule has 0 unspecified atom stereocenters. The monoisotopic (exact) mass is 318 g/mol. The van der Waals surface area contributed by atoms with Crippen LogP contribution in [0.2, 0.25) is 5.15 Å². The molecule has 0 atom stereocenters. The number of rotatable bonds is 4. The maximum absolute atomic E-state index is 10.6. The molecule has 0 saturated carbocycles. The number of aliphatic carboxylic acids is 1. The first-order valence-electron chi connectivity index (χ1n) is 6.34. The lowest BCUT2D eigenvalue weighted by molar-refractivity contribution is -0.136. The highest BCUT2D eigenvalue weighted by Gasteiger charge is 2.11. The van der Waals surface area contributed by atoms with Crippen molar-refractivity contribution >= 4 is 39.1 Å². The van der Waals surface area contributed by atoms with Gasteiger partial charge in [-0.2, -0.15) is 0 Å². The molecule has 0 aliphatic rings. The summed E-state index contributed by atoms with van der Waals surface area (Å²) >= 11 is 7.58. The van der Waals surface area contributed by atoms with Crippen molar-refractivity contribution in [1.29, 1.82) is 0 Å². The van der Waals surface area contributed by atoms with Gasteiger partial charge >= 0.3 is 5.97 Å². The lowest BCUT2D eigenvalue weighted by atomic mass is 10.0. The van der Waals surface area contributed by atoms with E-state index in [0.29, 0.717) is 11.6 Å². The Hall–Kier alpha value is -1.98. The summed E-state index contributed by atoms with van der Waals surface area (Å²) in [4.78, 5) is 18.9. The second kappa shape index (κ2) is 5.79. The first-order chi connectivity index (χ1) is 10.1. The fraction of sp³-hybridized carbons (Fsp3) is 0.133. The minimum absolute atomic E-state index is 0.142. The van der Waals surface area contributed by atoms with E-state index >= 15 is 0 Å². The Morgan fingerprint density at radius 1 is 1.24 bits per heavy atom. The molecule has 0 aliphatic heterocycles. The fourth-order valence-electron chi connectivity index (χ4n) is 2.13. The molecule has 2 aromatic heterocycles. The van der Waals surface area contributed by atoms with Crippen molar-refractivity contribution in [3.05, 3.63) is 46.7 Å². The minimum atomic E-state index is -0.783. The van der Waals surface area contributed by atoms with E-state index in [-0.39, 0.29) is 6.42 Å². The van der Waals surface area contributed by atoms with Gasteiger partial charge in [-0.3, -0.25) is 4.79 Å². The molecule has 2 heterocycles. The van der Waals surface area contributed by atoms with Crippen LogP contribution in [-0.2, 0) is 11.2 Å². The summed E-state index contributed by atoms with van der Waals surface area (Å²) < 4.78 is 0.879. The Labute approximate surface area is 130 Å². The van der Waals surface area contributed by atoms with E-state index in [9.17, 15) is 4.79 Å². The Kier molecular flexibility index (Phi) is 3.86. The van der Waals surface area contributed by atoms with Crippen molar-refractivity contribution < 1.29 is 9.90 Å². The van der Waals surface area contributed by atoms with Gasteiger partial charge < -0.3 is 5.11 Å². The summed E-state index contributed by atoms with van der Waals surface area (Å²) in [5.74, 6) is -0.783. The molecule has 1 aromatic carbocycles. The van der Waals surface area contributed by atoms with Crippen molar-refractivity contribution in [1.82, 2.24) is 9.97 Å². The molecule has 0 radical (unpaired) electrons. The first kappa shape index (κ1) is 14.0. The Bertz CT molecular complexity index is 799. The molecular weight excluding hydrogens is 308 g/mol. The zero-order chi connectivity index (χ0) is 14.8. The number of aryl methyl sites for hydroxylation is 1. The van der Waals surface area contributed by atoms with Gasteiger partial charge in [-0.15, -0.1) is 11.3 Å². The number of halogens is 1. The number of carbonyl (C=O) groups is 1. The normalized spacial score (nSPS) is 10.9. The van der Waals surface area contributed by atoms with Crippen LogP contribution in [0.15, 0.2) is 36.0 Å². The highest BCUT2D eigenvalue weighted by Crippen LogP contribution is 2.35. The van der Waals surface area contributed by atoms with Crippen LogP contribution in [0.1, 0.15) is 12.0 Å². The molecule has 106 valence electrons. The molecule has 4 nitrogen and oxygen atoms in total. The Morgan fingerprint density at radius 3 is 2.71 bits per heavy atom. The Morgan fingerprint density at radius 2 is 2.00 bits per heavy atom. The average molecular weight is 319 g/mol. The van der Waals surface area contributed by atoms with Crippen molar-refractivity contribution in [2.75, 3.05) is 0 Å². The van der Waals surface area contributed by atoms with Gasteiger partial charge in [-0.25, -0.2) is 9.97 Å². The molecule has 3 aromatic rings. The van der Waals surface area contributed by atoms with E-state index < -0.39 is 5.97 Å². The van der Waals surface area contributed by atoms with E-state index in [2.05, 4.69) is 9.97 Å². The molecule has 21 heavy (non-hydrogen) atoms. The van der Waals surface area contributed by atoms with Crippen LogP contribution in [0.4, 0.5) is 0 Å². The standard InChI is InChI=1S/C15H11ClN2O2S/c16-15-14-13(17-8-18-15)11(7-21-14)10-4-1-9(2-5-10)3-6-12(19)20/h1-2,4-5,7-8H,3,6H2,(H,19,20). The third-order valence-electron chi connectivity index (χ3n) is 3.20. The number of hydrogen-bond acceptors (Lipinski definition) is 4. The molecule has 0 spiro atoms. The van der Waals surface area contributed by atoms with Gasteiger partial charge in [0.1, 0.15) is 11.5 Å².